The summed E-state index contributed by atoms with van der Waals surface area (Å²) >= 11 is 0. The van der Waals surface area contributed by atoms with E-state index in [9.17, 15) is 18.0 Å². The van der Waals surface area contributed by atoms with Crippen molar-refractivity contribution in [2.75, 3.05) is 10.6 Å². The highest BCUT2D eigenvalue weighted by Gasteiger charge is 2.21. The van der Waals surface area contributed by atoms with Gasteiger partial charge in [0.05, 0.1) is 0 Å². The van der Waals surface area contributed by atoms with E-state index in [-0.39, 0.29) is 5.69 Å². The molecule has 0 spiro atoms. The summed E-state index contributed by atoms with van der Waals surface area (Å²) in [6.45, 7) is 0. The summed E-state index contributed by atoms with van der Waals surface area (Å²) in [7, 11) is 0. The molecule has 3 rings (SSSR count). The lowest BCUT2D eigenvalue weighted by molar-refractivity contribution is -0.117. The first-order valence-electron chi connectivity index (χ1n) is 7.86. The molecule has 1 atom stereocenters. The van der Waals surface area contributed by atoms with Gasteiger partial charge in [-0.15, -0.1) is 0 Å². The second kappa shape index (κ2) is 7.74. The van der Waals surface area contributed by atoms with Crippen LogP contribution in [0.15, 0.2) is 72.8 Å². The maximum Gasteiger partial charge on any atom is 0.251 e. The molecule has 26 heavy (non-hydrogen) atoms. The summed E-state index contributed by atoms with van der Waals surface area (Å²) in [5.41, 5.74) is 1.31. The fourth-order valence-electron chi connectivity index (χ4n) is 2.45. The minimum Gasteiger partial charge on any atom is -0.370 e. The lowest BCUT2D eigenvalue weighted by Crippen LogP contribution is -2.27. The number of hydrogen-bond acceptors (Lipinski definition) is 2. The van der Waals surface area contributed by atoms with Gasteiger partial charge in [0.2, 0.25) is 0 Å². The zero-order valence-corrected chi connectivity index (χ0v) is 13.5. The van der Waals surface area contributed by atoms with Crippen LogP contribution >= 0.6 is 0 Å². The molecule has 0 fully saturated rings. The molecule has 132 valence electrons. The third kappa shape index (κ3) is 4.22. The van der Waals surface area contributed by atoms with E-state index in [0.29, 0.717) is 11.3 Å². The van der Waals surface area contributed by atoms with E-state index in [2.05, 4.69) is 10.6 Å². The predicted molar refractivity (Wildman–Crippen MR) is 94.2 cm³/mol. The van der Waals surface area contributed by atoms with Gasteiger partial charge in [-0.3, -0.25) is 4.79 Å². The first-order valence-corrected chi connectivity index (χ1v) is 7.86. The maximum atomic E-state index is 13.5. The second-order valence-corrected chi connectivity index (χ2v) is 5.61. The zero-order chi connectivity index (χ0) is 18.5. The Bertz CT molecular complexity index is 899. The van der Waals surface area contributed by atoms with E-state index < -0.39 is 29.4 Å². The molecule has 1 unspecified atom stereocenters. The molecule has 0 aliphatic carbocycles. The van der Waals surface area contributed by atoms with Gasteiger partial charge < -0.3 is 10.6 Å². The lowest BCUT2D eigenvalue weighted by atomic mass is 10.1. The van der Waals surface area contributed by atoms with Gasteiger partial charge in [-0.2, -0.15) is 0 Å². The number of halogens is 3. The average Bonchev–Trinajstić information content (AvgIpc) is 2.65. The molecule has 0 aliphatic rings. The highest BCUT2D eigenvalue weighted by atomic mass is 19.2. The monoisotopic (exact) mass is 356 g/mol. The number of anilines is 2. The summed E-state index contributed by atoms with van der Waals surface area (Å²) in [4.78, 5) is 12.7. The number of amides is 1. The van der Waals surface area contributed by atoms with Crippen molar-refractivity contribution in [1.82, 2.24) is 0 Å². The minimum absolute atomic E-state index is 0.256. The summed E-state index contributed by atoms with van der Waals surface area (Å²) < 4.78 is 39.6. The topological polar surface area (TPSA) is 41.1 Å². The maximum absolute atomic E-state index is 13.5. The normalized spacial score (nSPS) is 11.7. The van der Waals surface area contributed by atoms with Crippen molar-refractivity contribution in [3.05, 3.63) is 95.8 Å². The fraction of sp³-hybridized carbons (Fsp3) is 0.0500. The van der Waals surface area contributed by atoms with E-state index in [0.717, 1.165) is 12.1 Å². The van der Waals surface area contributed by atoms with Gasteiger partial charge >= 0.3 is 0 Å². The Morgan fingerprint density at radius 2 is 1.42 bits per heavy atom. The van der Waals surface area contributed by atoms with Crippen LogP contribution in [0.5, 0.6) is 0 Å². The Labute approximate surface area is 148 Å². The summed E-state index contributed by atoms with van der Waals surface area (Å²) in [5.74, 6) is -2.82. The zero-order valence-electron chi connectivity index (χ0n) is 13.5. The van der Waals surface area contributed by atoms with Crippen LogP contribution in [0.25, 0.3) is 0 Å². The molecular weight excluding hydrogens is 341 g/mol. The smallest absolute Gasteiger partial charge is 0.251 e. The quantitative estimate of drug-likeness (QED) is 0.683. The van der Waals surface area contributed by atoms with Crippen LogP contribution in [-0.2, 0) is 4.79 Å². The van der Waals surface area contributed by atoms with Gasteiger partial charge in [-0.25, -0.2) is 13.2 Å². The van der Waals surface area contributed by atoms with Crippen LogP contribution in [-0.4, -0.2) is 5.91 Å². The van der Waals surface area contributed by atoms with Gasteiger partial charge in [0.15, 0.2) is 11.6 Å². The molecule has 0 saturated heterocycles. The van der Waals surface area contributed by atoms with Crippen LogP contribution in [0.2, 0.25) is 0 Å². The Kier molecular flexibility index (Phi) is 5.22. The summed E-state index contributed by atoms with van der Waals surface area (Å²) in [6, 6.07) is 16.6. The Balaban J connectivity index is 1.86. The second-order valence-electron chi connectivity index (χ2n) is 5.61. The summed E-state index contributed by atoms with van der Waals surface area (Å²) in [5, 5.41) is 5.58. The van der Waals surface area contributed by atoms with Gasteiger partial charge in [-0.1, -0.05) is 30.3 Å². The van der Waals surface area contributed by atoms with Gasteiger partial charge in [0, 0.05) is 17.4 Å². The van der Waals surface area contributed by atoms with Crippen LogP contribution in [0, 0.1) is 17.5 Å². The number of rotatable bonds is 5. The van der Waals surface area contributed by atoms with Gasteiger partial charge in [0.1, 0.15) is 11.9 Å². The Hall–Kier alpha value is -3.28. The molecule has 1 amide bonds. The van der Waals surface area contributed by atoms with Gasteiger partial charge in [-0.05, 0) is 42.0 Å². The molecule has 3 nitrogen and oxygen atoms in total. The molecule has 3 aromatic rings. The number of hydrogen-bond donors (Lipinski definition) is 2. The number of carbonyl (C=O) groups excluding carboxylic acids is 1. The van der Waals surface area contributed by atoms with E-state index in [1.807, 2.05) is 0 Å². The lowest BCUT2D eigenvalue weighted by Gasteiger charge is -2.20. The predicted octanol–water partition coefficient (Wildman–Crippen LogP) is 4.90. The number of carbonyl (C=O) groups is 1. The number of nitrogens with one attached hydrogen (secondary N) is 2. The Morgan fingerprint density at radius 1 is 0.769 bits per heavy atom. The van der Waals surface area contributed by atoms with E-state index in [4.69, 9.17) is 0 Å². The van der Waals surface area contributed by atoms with Crippen molar-refractivity contribution in [2.45, 2.75) is 6.04 Å². The Morgan fingerprint density at radius 3 is 2.08 bits per heavy atom. The molecule has 2 N–H and O–H groups in total. The SMILES string of the molecule is O=C(Nc1ccc(F)cc1)C(Nc1ccc(F)c(F)c1)c1ccccc1. The first-order chi connectivity index (χ1) is 12.5. The van der Waals surface area contributed by atoms with Crippen LogP contribution in [0.4, 0.5) is 24.5 Å². The summed E-state index contributed by atoms with van der Waals surface area (Å²) in [6.07, 6.45) is 0. The fourth-order valence-corrected chi connectivity index (χ4v) is 2.45. The molecule has 0 heterocycles. The third-order valence-corrected chi connectivity index (χ3v) is 3.74. The highest BCUT2D eigenvalue weighted by Crippen LogP contribution is 2.23. The molecule has 0 radical (unpaired) electrons. The highest BCUT2D eigenvalue weighted by molar-refractivity contribution is 5.97. The number of benzene rings is 3. The molecule has 0 aliphatic heterocycles. The van der Waals surface area contributed by atoms with Crippen molar-refractivity contribution >= 4 is 17.3 Å². The van der Waals surface area contributed by atoms with Crippen molar-refractivity contribution in [1.29, 1.82) is 0 Å². The van der Waals surface area contributed by atoms with E-state index >= 15 is 0 Å². The van der Waals surface area contributed by atoms with Crippen molar-refractivity contribution in [3.8, 4) is 0 Å². The van der Waals surface area contributed by atoms with Crippen molar-refractivity contribution in [2.24, 2.45) is 0 Å². The van der Waals surface area contributed by atoms with Crippen LogP contribution in [0.3, 0.4) is 0 Å². The molecule has 0 aromatic heterocycles. The standard InChI is InChI=1S/C20H15F3N2O/c21-14-6-8-15(9-7-14)25-20(26)19(13-4-2-1-3-5-13)24-16-10-11-17(22)18(23)12-16/h1-12,19,24H,(H,25,26). The first kappa shape index (κ1) is 17.5. The van der Waals surface area contributed by atoms with E-state index in [1.165, 1.54) is 30.3 Å². The molecule has 3 aromatic carbocycles. The van der Waals surface area contributed by atoms with Crippen LogP contribution < -0.4 is 10.6 Å². The molecule has 0 saturated carbocycles. The van der Waals surface area contributed by atoms with Crippen molar-refractivity contribution in [3.63, 3.8) is 0 Å². The van der Waals surface area contributed by atoms with Crippen LogP contribution in [0.1, 0.15) is 11.6 Å². The molecular formula is C20H15F3N2O. The van der Waals surface area contributed by atoms with E-state index in [1.54, 1.807) is 30.3 Å². The molecule has 0 bridgehead atoms. The molecule has 6 heteroatoms. The third-order valence-electron chi connectivity index (χ3n) is 3.74. The van der Waals surface area contributed by atoms with Crippen molar-refractivity contribution < 1.29 is 18.0 Å². The largest absolute Gasteiger partial charge is 0.370 e. The minimum atomic E-state index is -1.01. The average molecular weight is 356 g/mol. The van der Waals surface area contributed by atoms with Gasteiger partial charge in [0.25, 0.3) is 5.91 Å².